The van der Waals surface area contributed by atoms with Crippen molar-refractivity contribution in [3.05, 3.63) is 23.8 Å². The Morgan fingerprint density at radius 3 is 2.92 bits per heavy atom. The van der Waals surface area contributed by atoms with Crippen molar-refractivity contribution in [3.63, 3.8) is 0 Å². The molecule has 0 saturated carbocycles. The van der Waals surface area contributed by atoms with Crippen molar-refractivity contribution >= 4 is 28.5 Å². The lowest BCUT2D eigenvalue weighted by atomic mass is 10.0. The number of halogens is 1. The summed E-state index contributed by atoms with van der Waals surface area (Å²) in [4.78, 5) is 11.3. The zero-order chi connectivity index (χ0) is 8.55. The maximum atomic E-state index is 11.3. The number of fused-ring (bicyclic) bond motifs is 1. The van der Waals surface area contributed by atoms with E-state index in [0.29, 0.717) is 18.5 Å². The van der Waals surface area contributed by atoms with Gasteiger partial charge in [0.25, 0.3) is 0 Å². The molecule has 0 saturated heterocycles. The lowest BCUT2D eigenvalue weighted by Crippen LogP contribution is -2.17. The normalized spacial score (nSPS) is 14.0. The highest BCUT2D eigenvalue weighted by Crippen LogP contribution is 2.25. The molecule has 0 amide bonds. The van der Waals surface area contributed by atoms with Crippen LogP contribution in [-0.2, 0) is 0 Å². The van der Waals surface area contributed by atoms with Crippen molar-refractivity contribution < 1.29 is 9.90 Å². The van der Waals surface area contributed by atoms with Crippen molar-refractivity contribution in [2.45, 2.75) is 6.42 Å². The Kier molecular flexibility index (Phi) is 2.93. The molecule has 0 aromatic heterocycles. The largest absolute Gasteiger partial charge is 0.508 e. The van der Waals surface area contributed by atoms with Crippen LogP contribution in [0, 0.1) is 0 Å². The maximum absolute atomic E-state index is 11.3. The second kappa shape index (κ2) is 3.79. The highest BCUT2D eigenvalue weighted by Gasteiger charge is 2.16. The first kappa shape index (κ1) is 10.1. The molecule has 0 unspecified atom stereocenters. The summed E-state index contributed by atoms with van der Waals surface area (Å²) in [7, 11) is 0. The molecule has 3 nitrogen and oxygen atoms in total. The van der Waals surface area contributed by atoms with Gasteiger partial charge in [-0.25, -0.2) is 0 Å². The number of hydrogen-bond donors (Lipinski definition) is 2. The Labute approximate surface area is 86.5 Å². The number of carbonyl (C=O) groups excluding carboxylic acids is 1. The number of aromatic hydroxyl groups is 1. The van der Waals surface area contributed by atoms with Crippen LogP contribution in [0.15, 0.2) is 18.2 Å². The smallest absolute Gasteiger partial charge is 0.166 e. The van der Waals surface area contributed by atoms with Gasteiger partial charge in [0.2, 0.25) is 0 Å². The van der Waals surface area contributed by atoms with E-state index < -0.39 is 0 Å². The van der Waals surface area contributed by atoms with Crippen molar-refractivity contribution in [2.75, 3.05) is 11.9 Å². The molecule has 2 rings (SSSR count). The van der Waals surface area contributed by atoms with Gasteiger partial charge in [0, 0.05) is 24.2 Å². The van der Waals surface area contributed by atoms with Crippen molar-refractivity contribution in [2.24, 2.45) is 0 Å². The van der Waals surface area contributed by atoms with E-state index in [0.717, 1.165) is 5.69 Å². The highest BCUT2D eigenvalue weighted by atomic mass is 79.9. The molecule has 0 fully saturated rings. The molecule has 1 aliphatic heterocycles. The Morgan fingerprint density at radius 1 is 1.38 bits per heavy atom. The summed E-state index contributed by atoms with van der Waals surface area (Å²) in [5.41, 5.74) is 1.42. The lowest BCUT2D eigenvalue weighted by molar-refractivity contribution is 0.0983. The van der Waals surface area contributed by atoms with Crippen LogP contribution in [0.2, 0.25) is 0 Å². The van der Waals surface area contributed by atoms with Crippen LogP contribution in [0.3, 0.4) is 0 Å². The average molecular weight is 244 g/mol. The van der Waals surface area contributed by atoms with Gasteiger partial charge in [-0.1, -0.05) is 0 Å². The van der Waals surface area contributed by atoms with Gasteiger partial charge >= 0.3 is 0 Å². The molecule has 2 N–H and O–H groups in total. The van der Waals surface area contributed by atoms with Crippen molar-refractivity contribution in [1.29, 1.82) is 0 Å². The molecule has 1 heterocycles. The number of hydrogen-bond acceptors (Lipinski definition) is 3. The van der Waals surface area contributed by atoms with E-state index in [1.54, 1.807) is 12.1 Å². The molecule has 1 aliphatic rings. The molecule has 0 aliphatic carbocycles. The summed E-state index contributed by atoms with van der Waals surface area (Å²) >= 11 is 0. The predicted octanol–water partition coefficient (Wildman–Crippen LogP) is 1.97. The van der Waals surface area contributed by atoms with Crippen LogP contribution in [0.1, 0.15) is 16.8 Å². The molecule has 13 heavy (non-hydrogen) atoms. The maximum Gasteiger partial charge on any atom is 0.166 e. The minimum absolute atomic E-state index is 0. The summed E-state index contributed by atoms with van der Waals surface area (Å²) in [6.45, 7) is 0.691. The Bertz CT molecular complexity index is 338. The van der Waals surface area contributed by atoms with Crippen LogP contribution in [0.4, 0.5) is 5.69 Å². The van der Waals surface area contributed by atoms with Crippen molar-refractivity contribution in [3.8, 4) is 5.75 Å². The molecular formula is C9H10BrNO2. The van der Waals surface area contributed by atoms with Gasteiger partial charge < -0.3 is 10.4 Å². The fourth-order valence-electron chi connectivity index (χ4n) is 1.36. The first-order chi connectivity index (χ1) is 5.77. The third kappa shape index (κ3) is 1.83. The lowest BCUT2D eigenvalue weighted by Gasteiger charge is -2.16. The van der Waals surface area contributed by atoms with Crippen LogP contribution in [0.25, 0.3) is 0 Å². The summed E-state index contributed by atoms with van der Waals surface area (Å²) in [6, 6.07) is 4.80. The zero-order valence-electron chi connectivity index (χ0n) is 6.91. The number of nitrogens with one attached hydrogen (secondary N) is 1. The summed E-state index contributed by atoms with van der Waals surface area (Å²) in [6.07, 6.45) is 0.510. The minimum Gasteiger partial charge on any atom is -0.508 e. The number of anilines is 1. The van der Waals surface area contributed by atoms with Crippen LogP contribution in [0.5, 0.6) is 5.75 Å². The molecular weight excluding hydrogens is 234 g/mol. The standard InChI is InChI=1S/C9H9NO2.BrH/c11-6-1-2-8-7(5-6)9(12)3-4-10-8;/h1-2,5,10-11H,3-4H2;1H. The third-order valence-electron chi connectivity index (χ3n) is 1.97. The number of phenols is 1. The molecule has 1 aromatic carbocycles. The SMILES string of the molecule is Br.O=C1CCNc2ccc(O)cc21. The topological polar surface area (TPSA) is 49.3 Å². The molecule has 0 bridgehead atoms. The summed E-state index contributed by atoms with van der Waals surface area (Å²) in [5, 5.41) is 12.2. The van der Waals surface area contributed by atoms with Gasteiger partial charge in [0.1, 0.15) is 5.75 Å². The number of phenolic OH excluding ortho intramolecular Hbond substituents is 1. The quantitative estimate of drug-likeness (QED) is 0.686. The molecule has 0 atom stereocenters. The molecule has 4 heteroatoms. The van der Waals surface area contributed by atoms with E-state index in [1.165, 1.54) is 6.07 Å². The minimum atomic E-state index is 0. The monoisotopic (exact) mass is 243 g/mol. The van der Waals surface area contributed by atoms with E-state index in [1.807, 2.05) is 0 Å². The van der Waals surface area contributed by atoms with Gasteiger partial charge in [-0.15, -0.1) is 17.0 Å². The Morgan fingerprint density at radius 2 is 2.15 bits per heavy atom. The Balaban J connectivity index is 0.000000845. The predicted molar refractivity (Wildman–Crippen MR) is 55.9 cm³/mol. The molecule has 0 spiro atoms. The van der Waals surface area contributed by atoms with Crippen LogP contribution >= 0.6 is 17.0 Å². The second-order valence-corrected chi connectivity index (χ2v) is 2.83. The fraction of sp³-hybridized carbons (Fsp3) is 0.222. The molecule has 0 radical (unpaired) electrons. The van der Waals surface area contributed by atoms with Gasteiger partial charge in [-0.05, 0) is 18.2 Å². The number of carbonyl (C=O) groups is 1. The van der Waals surface area contributed by atoms with E-state index >= 15 is 0 Å². The Hall–Kier alpha value is -1.03. The first-order valence-electron chi connectivity index (χ1n) is 3.87. The van der Waals surface area contributed by atoms with Crippen molar-refractivity contribution in [1.82, 2.24) is 0 Å². The first-order valence-corrected chi connectivity index (χ1v) is 3.87. The van der Waals surface area contributed by atoms with Gasteiger partial charge in [0.05, 0.1) is 0 Å². The van der Waals surface area contributed by atoms with Crippen LogP contribution < -0.4 is 5.32 Å². The number of ketones is 1. The highest BCUT2D eigenvalue weighted by molar-refractivity contribution is 8.93. The fourth-order valence-corrected chi connectivity index (χ4v) is 1.36. The number of benzene rings is 1. The van der Waals surface area contributed by atoms with E-state index in [2.05, 4.69) is 5.32 Å². The van der Waals surface area contributed by atoms with E-state index in [-0.39, 0.29) is 28.5 Å². The third-order valence-corrected chi connectivity index (χ3v) is 1.97. The number of Topliss-reactive ketones (excluding diaryl/α,β-unsaturated/α-hetero) is 1. The molecule has 1 aromatic rings. The van der Waals surface area contributed by atoms with Gasteiger partial charge in [-0.3, -0.25) is 4.79 Å². The van der Waals surface area contributed by atoms with E-state index in [9.17, 15) is 4.79 Å². The summed E-state index contributed by atoms with van der Waals surface area (Å²) < 4.78 is 0. The molecule has 70 valence electrons. The van der Waals surface area contributed by atoms with Gasteiger partial charge in [0.15, 0.2) is 5.78 Å². The number of rotatable bonds is 0. The zero-order valence-corrected chi connectivity index (χ0v) is 8.62. The van der Waals surface area contributed by atoms with E-state index in [4.69, 9.17) is 5.11 Å². The van der Waals surface area contributed by atoms with Crippen LogP contribution in [-0.4, -0.2) is 17.4 Å². The summed E-state index contributed by atoms with van der Waals surface area (Å²) in [5.74, 6) is 0.241. The second-order valence-electron chi connectivity index (χ2n) is 2.83. The average Bonchev–Trinajstić information content (AvgIpc) is 2.07. The van der Waals surface area contributed by atoms with Gasteiger partial charge in [-0.2, -0.15) is 0 Å².